The van der Waals surface area contributed by atoms with Crippen LogP contribution >= 0.6 is 0 Å². The van der Waals surface area contributed by atoms with Gasteiger partial charge in [-0.25, -0.2) is 9.67 Å². The standard InChI is InChI=1S/C23H27N7O2/c1-3-29-21-18(26-23(29)28-10-4-5-17(24)14-28)12-25-30(22(21)32)13-15-6-8-19-16(11-15)7-9-20(31)27(19)2/h6-9,11-12,17H,3-5,10,13-14,24H2,1-2H3/t17-/m1/s1. The molecule has 0 unspecified atom stereocenters. The first-order valence-electron chi connectivity index (χ1n) is 11.0. The highest BCUT2D eigenvalue weighted by molar-refractivity contribution is 5.80. The summed E-state index contributed by atoms with van der Waals surface area (Å²) in [6.07, 6.45) is 3.70. The SMILES string of the molecule is CCn1c(N2CCC[C@@H](N)C2)nc2cnn(Cc3ccc4c(ccc(=O)n4C)c3)c(=O)c21. The fourth-order valence-corrected chi connectivity index (χ4v) is 4.62. The maximum absolute atomic E-state index is 13.4. The van der Waals surface area contributed by atoms with Crippen LogP contribution in [0.2, 0.25) is 0 Å². The number of nitrogens with two attached hydrogens (primary N) is 1. The number of hydrogen-bond donors (Lipinski definition) is 1. The second-order valence-electron chi connectivity index (χ2n) is 8.47. The number of fused-ring (bicyclic) bond motifs is 2. The first-order valence-corrected chi connectivity index (χ1v) is 11.0. The Balaban J connectivity index is 1.55. The van der Waals surface area contributed by atoms with Crippen molar-refractivity contribution in [1.82, 2.24) is 23.9 Å². The molecule has 0 aliphatic carbocycles. The number of benzene rings is 1. The van der Waals surface area contributed by atoms with Crippen LogP contribution in [0.5, 0.6) is 0 Å². The Morgan fingerprint density at radius 3 is 2.81 bits per heavy atom. The highest BCUT2D eigenvalue weighted by Crippen LogP contribution is 2.23. The Kier molecular flexibility index (Phi) is 5.05. The van der Waals surface area contributed by atoms with Crippen LogP contribution in [0.1, 0.15) is 25.3 Å². The van der Waals surface area contributed by atoms with E-state index in [-0.39, 0.29) is 17.2 Å². The summed E-state index contributed by atoms with van der Waals surface area (Å²) in [6, 6.07) is 9.31. The van der Waals surface area contributed by atoms with Gasteiger partial charge in [-0.1, -0.05) is 6.07 Å². The van der Waals surface area contributed by atoms with Crippen LogP contribution in [0, 0.1) is 0 Å². The summed E-state index contributed by atoms with van der Waals surface area (Å²) in [4.78, 5) is 32.2. The van der Waals surface area contributed by atoms with Crippen LogP contribution in [0.15, 0.2) is 46.1 Å². The topological polar surface area (TPSA) is 104 Å². The van der Waals surface area contributed by atoms with Gasteiger partial charge in [0, 0.05) is 38.8 Å². The number of imidazole rings is 1. The van der Waals surface area contributed by atoms with Crippen molar-refractivity contribution in [2.75, 3.05) is 18.0 Å². The van der Waals surface area contributed by atoms with Crippen molar-refractivity contribution >= 4 is 27.9 Å². The fraction of sp³-hybridized carbons (Fsp3) is 0.391. The zero-order valence-corrected chi connectivity index (χ0v) is 18.4. The molecule has 4 aromatic rings. The van der Waals surface area contributed by atoms with Gasteiger partial charge in [0.2, 0.25) is 5.95 Å². The van der Waals surface area contributed by atoms with E-state index in [1.807, 2.05) is 35.8 Å². The zero-order chi connectivity index (χ0) is 22.4. The van der Waals surface area contributed by atoms with Gasteiger partial charge in [0.25, 0.3) is 11.1 Å². The van der Waals surface area contributed by atoms with Crippen molar-refractivity contribution in [3.05, 3.63) is 62.8 Å². The third-order valence-electron chi connectivity index (χ3n) is 6.31. The summed E-state index contributed by atoms with van der Waals surface area (Å²) in [5, 5.41) is 5.34. The van der Waals surface area contributed by atoms with Gasteiger partial charge in [0.1, 0.15) is 11.0 Å². The highest BCUT2D eigenvalue weighted by Gasteiger charge is 2.24. The van der Waals surface area contributed by atoms with Crippen molar-refractivity contribution in [3.8, 4) is 0 Å². The van der Waals surface area contributed by atoms with Crippen molar-refractivity contribution in [3.63, 3.8) is 0 Å². The van der Waals surface area contributed by atoms with Gasteiger partial charge in [-0.15, -0.1) is 0 Å². The molecule has 2 N–H and O–H groups in total. The van der Waals surface area contributed by atoms with Crippen LogP contribution in [0.3, 0.4) is 0 Å². The first-order chi connectivity index (χ1) is 15.5. The lowest BCUT2D eigenvalue weighted by molar-refractivity contribution is 0.494. The molecule has 0 spiro atoms. The third-order valence-corrected chi connectivity index (χ3v) is 6.31. The Hall–Kier alpha value is -3.46. The van der Waals surface area contributed by atoms with Gasteiger partial charge < -0.3 is 19.8 Å². The number of hydrogen-bond acceptors (Lipinski definition) is 6. The average molecular weight is 434 g/mol. The summed E-state index contributed by atoms with van der Waals surface area (Å²) in [5.41, 5.74) is 8.93. The van der Waals surface area contributed by atoms with E-state index < -0.39 is 0 Å². The molecule has 1 atom stereocenters. The number of rotatable bonds is 4. The molecule has 1 aromatic carbocycles. The molecule has 166 valence electrons. The van der Waals surface area contributed by atoms with Crippen LogP contribution < -0.4 is 21.8 Å². The Morgan fingerprint density at radius 2 is 2.03 bits per heavy atom. The van der Waals surface area contributed by atoms with Gasteiger partial charge >= 0.3 is 0 Å². The van der Waals surface area contributed by atoms with Crippen molar-refractivity contribution in [1.29, 1.82) is 0 Å². The summed E-state index contributed by atoms with van der Waals surface area (Å²) in [6.45, 7) is 4.63. The maximum atomic E-state index is 13.4. The van der Waals surface area contributed by atoms with Gasteiger partial charge in [-0.05, 0) is 48.9 Å². The monoisotopic (exact) mass is 433 g/mol. The zero-order valence-electron chi connectivity index (χ0n) is 18.4. The summed E-state index contributed by atoms with van der Waals surface area (Å²) in [7, 11) is 1.75. The van der Waals surface area contributed by atoms with E-state index in [9.17, 15) is 9.59 Å². The smallest absolute Gasteiger partial charge is 0.293 e. The van der Waals surface area contributed by atoms with Gasteiger partial charge in [0.15, 0.2) is 0 Å². The maximum Gasteiger partial charge on any atom is 0.293 e. The molecule has 0 saturated carbocycles. The lowest BCUT2D eigenvalue weighted by Crippen LogP contribution is -2.44. The molecule has 1 aliphatic heterocycles. The number of aryl methyl sites for hydroxylation is 2. The normalized spacial score (nSPS) is 16.8. The van der Waals surface area contributed by atoms with Crippen LogP contribution in [-0.2, 0) is 20.1 Å². The largest absolute Gasteiger partial charge is 0.341 e. The number of anilines is 1. The minimum absolute atomic E-state index is 0.0492. The predicted molar refractivity (Wildman–Crippen MR) is 125 cm³/mol. The minimum atomic E-state index is -0.162. The average Bonchev–Trinajstić information content (AvgIpc) is 3.18. The van der Waals surface area contributed by atoms with Crippen molar-refractivity contribution in [2.24, 2.45) is 12.8 Å². The molecule has 4 heterocycles. The predicted octanol–water partition coefficient (Wildman–Crippen LogP) is 1.44. The second-order valence-corrected chi connectivity index (χ2v) is 8.47. The third kappa shape index (κ3) is 3.38. The molecule has 1 aliphatic rings. The van der Waals surface area contributed by atoms with E-state index in [4.69, 9.17) is 10.7 Å². The summed E-state index contributed by atoms with van der Waals surface area (Å²) >= 11 is 0. The van der Waals surface area contributed by atoms with Gasteiger partial charge in [0.05, 0.1) is 18.3 Å². The van der Waals surface area contributed by atoms with E-state index in [1.165, 1.54) is 4.68 Å². The molecular formula is C23H27N7O2. The quantitative estimate of drug-likeness (QED) is 0.522. The Bertz CT molecular complexity index is 1430. The molecule has 5 rings (SSSR count). The molecule has 1 saturated heterocycles. The first kappa shape index (κ1) is 20.4. The molecular weight excluding hydrogens is 406 g/mol. The molecule has 9 nitrogen and oxygen atoms in total. The van der Waals surface area contributed by atoms with Crippen LogP contribution in [0.4, 0.5) is 5.95 Å². The Labute approximate surface area is 184 Å². The molecule has 0 radical (unpaired) electrons. The molecule has 32 heavy (non-hydrogen) atoms. The second kappa shape index (κ2) is 7.90. The lowest BCUT2D eigenvalue weighted by Gasteiger charge is -2.31. The number of aromatic nitrogens is 5. The lowest BCUT2D eigenvalue weighted by atomic mass is 10.1. The minimum Gasteiger partial charge on any atom is -0.341 e. The number of nitrogens with zero attached hydrogens (tertiary/aromatic N) is 6. The van der Waals surface area contributed by atoms with E-state index >= 15 is 0 Å². The van der Waals surface area contributed by atoms with Gasteiger partial charge in [-0.3, -0.25) is 9.59 Å². The Morgan fingerprint density at radius 1 is 1.19 bits per heavy atom. The molecule has 3 aromatic heterocycles. The summed E-state index contributed by atoms with van der Waals surface area (Å²) < 4.78 is 5.07. The highest BCUT2D eigenvalue weighted by atomic mass is 16.1. The number of piperidine rings is 1. The van der Waals surface area contributed by atoms with E-state index in [0.717, 1.165) is 48.3 Å². The van der Waals surface area contributed by atoms with Gasteiger partial charge in [-0.2, -0.15) is 5.10 Å². The van der Waals surface area contributed by atoms with E-state index in [2.05, 4.69) is 10.00 Å². The molecule has 0 amide bonds. The van der Waals surface area contributed by atoms with E-state index in [0.29, 0.717) is 24.1 Å². The molecule has 0 bridgehead atoms. The summed E-state index contributed by atoms with van der Waals surface area (Å²) in [5.74, 6) is 0.793. The fourth-order valence-electron chi connectivity index (χ4n) is 4.62. The number of pyridine rings is 1. The van der Waals surface area contributed by atoms with Crippen LogP contribution in [-0.4, -0.2) is 43.0 Å². The molecule has 9 heteroatoms. The van der Waals surface area contributed by atoms with Crippen LogP contribution in [0.25, 0.3) is 21.9 Å². The van der Waals surface area contributed by atoms with Crippen molar-refractivity contribution < 1.29 is 0 Å². The molecule has 1 fully saturated rings. The van der Waals surface area contributed by atoms with Crippen molar-refractivity contribution in [2.45, 2.75) is 38.9 Å². The van der Waals surface area contributed by atoms with E-state index in [1.54, 1.807) is 23.9 Å².